The summed E-state index contributed by atoms with van der Waals surface area (Å²) in [6.45, 7) is 12.4. The molecule has 1 aromatic rings. The third-order valence-corrected chi connectivity index (χ3v) is 6.66. The molecular weight excluding hydrogens is 486 g/mol. The van der Waals surface area contributed by atoms with Gasteiger partial charge in [-0.05, 0) is 38.2 Å². The van der Waals surface area contributed by atoms with Crippen LogP contribution >= 0.6 is 0 Å². The minimum atomic E-state index is -0.755. The lowest BCUT2D eigenvalue weighted by Crippen LogP contribution is -2.44. The first-order chi connectivity index (χ1) is 18.0. The lowest BCUT2D eigenvalue weighted by molar-refractivity contribution is -0.158. The molecule has 0 saturated carbocycles. The van der Waals surface area contributed by atoms with Gasteiger partial charge in [-0.15, -0.1) is 0 Å². The third-order valence-electron chi connectivity index (χ3n) is 6.66. The number of aromatic nitrogens is 1. The van der Waals surface area contributed by atoms with E-state index in [0.29, 0.717) is 43.8 Å². The van der Waals surface area contributed by atoms with Crippen LogP contribution in [0.3, 0.4) is 0 Å². The number of nitrogens with zero attached hydrogens (tertiary/aromatic N) is 2. The number of fused-ring (bicyclic) bond motifs is 3. The molecule has 2 amide bonds. The molecule has 1 aromatic heterocycles. The van der Waals surface area contributed by atoms with Gasteiger partial charge in [-0.3, -0.25) is 9.59 Å². The van der Waals surface area contributed by atoms with E-state index in [1.165, 1.54) is 17.2 Å². The Labute approximate surface area is 224 Å². The summed E-state index contributed by atoms with van der Waals surface area (Å²) in [7, 11) is 0. The number of aliphatic hydroxyl groups is 1. The zero-order valence-corrected chi connectivity index (χ0v) is 22.7. The second kappa shape index (κ2) is 13.4. The molecule has 9 nitrogen and oxygen atoms in total. The number of allylic oxidation sites excluding steroid dienone is 2. The van der Waals surface area contributed by atoms with Gasteiger partial charge in [-0.25, -0.2) is 9.78 Å². The molecule has 2 bridgehead atoms. The van der Waals surface area contributed by atoms with Crippen LogP contribution < -0.4 is 5.32 Å². The van der Waals surface area contributed by atoms with Crippen molar-refractivity contribution in [3.63, 3.8) is 0 Å². The Morgan fingerprint density at radius 2 is 2.00 bits per heavy atom. The monoisotopic (exact) mass is 525 g/mol. The maximum absolute atomic E-state index is 13.2. The van der Waals surface area contributed by atoms with Crippen molar-refractivity contribution < 1.29 is 28.6 Å². The molecule has 0 spiro atoms. The van der Waals surface area contributed by atoms with Crippen LogP contribution in [0.15, 0.2) is 58.8 Å². The number of esters is 1. The Hall–Kier alpha value is -3.46. The van der Waals surface area contributed by atoms with Gasteiger partial charge >= 0.3 is 5.97 Å². The predicted octanol–water partition coefficient (Wildman–Crippen LogP) is 3.52. The molecule has 0 aromatic carbocycles. The van der Waals surface area contributed by atoms with Crippen LogP contribution in [-0.4, -0.2) is 64.1 Å². The van der Waals surface area contributed by atoms with Crippen molar-refractivity contribution >= 4 is 17.8 Å². The number of cyclic esters (lactones) is 1. The van der Waals surface area contributed by atoms with Gasteiger partial charge in [0.1, 0.15) is 18.4 Å². The predicted molar refractivity (Wildman–Crippen MR) is 143 cm³/mol. The summed E-state index contributed by atoms with van der Waals surface area (Å²) in [6.07, 6.45) is 10.3. The van der Waals surface area contributed by atoms with Crippen LogP contribution in [0.25, 0.3) is 0 Å². The van der Waals surface area contributed by atoms with Gasteiger partial charge in [0.25, 0.3) is 5.91 Å². The van der Waals surface area contributed by atoms with E-state index in [-0.39, 0.29) is 35.8 Å². The number of nitrogens with one attached hydrogen (secondary N) is 1. The van der Waals surface area contributed by atoms with Crippen LogP contribution in [0.1, 0.15) is 63.3 Å². The lowest BCUT2D eigenvalue weighted by atomic mass is 9.94. The number of amides is 2. The first-order valence-corrected chi connectivity index (χ1v) is 13.2. The van der Waals surface area contributed by atoms with Gasteiger partial charge in [0.05, 0.1) is 6.10 Å². The Morgan fingerprint density at radius 1 is 1.24 bits per heavy atom. The smallest absolute Gasteiger partial charge is 0.329 e. The quantitative estimate of drug-likeness (QED) is 0.425. The minimum Gasteiger partial charge on any atom is -0.460 e. The summed E-state index contributed by atoms with van der Waals surface area (Å²) in [5, 5.41) is 13.2. The highest BCUT2D eigenvalue weighted by Gasteiger charge is 2.38. The Bertz CT molecular complexity index is 1120. The molecule has 0 radical (unpaired) electrons. The summed E-state index contributed by atoms with van der Waals surface area (Å²) >= 11 is 0. The van der Waals surface area contributed by atoms with Gasteiger partial charge < -0.3 is 24.5 Å². The molecule has 38 heavy (non-hydrogen) atoms. The second-order valence-corrected chi connectivity index (χ2v) is 10.4. The molecule has 2 N–H and O–H groups in total. The molecule has 206 valence electrons. The van der Waals surface area contributed by atoms with Crippen molar-refractivity contribution in [2.45, 2.75) is 71.6 Å². The van der Waals surface area contributed by atoms with Crippen LogP contribution in [0.2, 0.25) is 0 Å². The van der Waals surface area contributed by atoms with Crippen molar-refractivity contribution in [3.8, 4) is 0 Å². The molecule has 3 heterocycles. The molecule has 0 aliphatic carbocycles. The van der Waals surface area contributed by atoms with E-state index in [9.17, 15) is 19.5 Å². The fourth-order valence-corrected chi connectivity index (χ4v) is 4.77. The van der Waals surface area contributed by atoms with Crippen molar-refractivity contribution in [1.29, 1.82) is 0 Å². The van der Waals surface area contributed by atoms with Gasteiger partial charge in [-0.1, -0.05) is 62.8 Å². The number of hydrogen-bond donors (Lipinski definition) is 2. The van der Waals surface area contributed by atoms with E-state index >= 15 is 0 Å². The Kier molecular flexibility index (Phi) is 10.2. The van der Waals surface area contributed by atoms with Crippen LogP contribution in [0.4, 0.5) is 0 Å². The molecule has 4 atom stereocenters. The first kappa shape index (κ1) is 29.1. The zero-order valence-electron chi connectivity index (χ0n) is 22.7. The highest BCUT2D eigenvalue weighted by Crippen LogP contribution is 2.25. The van der Waals surface area contributed by atoms with Gasteiger partial charge in [0.15, 0.2) is 11.6 Å². The van der Waals surface area contributed by atoms with Crippen molar-refractivity contribution in [2.24, 2.45) is 11.8 Å². The van der Waals surface area contributed by atoms with E-state index in [2.05, 4.69) is 16.9 Å². The van der Waals surface area contributed by atoms with Crippen molar-refractivity contribution in [3.05, 3.63) is 66.0 Å². The Balaban J connectivity index is 1.85. The van der Waals surface area contributed by atoms with E-state index in [0.717, 1.165) is 5.57 Å². The number of rotatable bonds is 1. The summed E-state index contributed by atoms with van der Waals surface area (Å²) in [5.74, 6) is -1.01. The molecule has 3 rings (SSSR count). The third kappa shape index (κ3) is 8.02. The van der Waals surface area contributed by atoms with E-state index in [1.54, 1.807) is 18.2 Å². The number of oxazole rings is 1. The SMILES string of the molecule is C=C1Cc2nc(co2)C(=O)N2CCC[C@@H]2C(=O)O[C@H](C(C)C)[C@H](C)/C=C/C(=O)NC/C=C/C(C)=C/[C@@H](O)C1. The molecule has 9 heteroatoms. The largest absolute Gasteiger partial charge is 0.460 e. The second-order valence-electron chi connectivity index (χ2n) is 10.4. The van der Waals surface area contributed by atoms with E-state index < -0.39 is 24.2 Å². The fraction of sp³-hybridized carbons (Fsp3) is 0.517. The van der Waals surface area contributed by atoms with Gasteiger partial charge in [0, 0.05) is 25.4 Å². The van der Waals surface area contributed by atoms with Crippen molar-refractivity contribution in [2.75, 3.05) is 13.1 Å². The number of carbonyl (C=O) groups is 3. The van der Waals surface area contributed by atoms with Crippen LogP contribution in [0.5, 0.6) is 0 Å². The normalized spacial score (nSPS) is 29.7. The Morgan fingerprint density at radius 3 is 2.74 bits per heavy atom. The number of carbonyl (C=O) groups excluding carboxylic acids is 3. The number of hydrogen-bond acceptors (Lipinski definition) is 7. The molecule has 0 unspecified atom stereocenters. The molecule has 2 aliphatic rings. The zero-order chi connectivity index (χ0) is 27.8. The van der Waals surface area contributed by atoms with Crippen LogP contribution in [0, 0.1) is 11.8 Å². The molecule has 1 fully saturated rings. The maximum atomic E-state index is 13.2. The summed E-state index contributed by atoms with van der Waals surface area (Å²) < 4.78 is 11.4. The molecule has 1 saturated heterocycles. The number of ether oxygens (including phenoxy) is 1. The number of aliphatic hydroxyl groups excluding tert-OH is 1. The first-order valence-electron chi connectivity index (χ1n) is 13.2. The highest BCUT2D eigenvalue weighted by atomic mass is 16.5. The van der Waals surface area contributed by atoms with Crippen LogP contribution in [-0.2, 0) is 20.7 Å². The topological polar surface area (TPSA) is 122 Å². The summed E-state index contributed by atoms with van der Waals surface area (Å²) in [4.78, 5) is 44.5. The van der Waals surface area contributed by atoms with Gasteiger partial charge in [-0.2, -0.15) is 0 Å². The lowest BCUT2D eigenvalue weighted by Gasteiger charge is -2.29. The summed E-state index contributed by atoms with van der Waals surface area (Å²) in [5.41, 5.74) is 1.66. The fourth-order valence-electron chi connectivity index (χ4n) is 4.77. The van der Waals surface area contributed by atoms with E-state index in [4.69, 9.17) is 9.15 Å². The average molecular weight is 526 g/mol. The molecule has 2 aliphatic heterocycles. The van der Waals surface area contributed by atoms with Gasteiger partial charge in [0.2, 0.25) is 5.91 Å². The van der Waals surface area contributed by atoms with Crippen molar-refractivity contribution in [1.82, 2.24) is 15.2 Å². The summed E-state index contributed by atoms with van der Waals surface area (Å²) in [6, 6.07) is -0.711. The van der Waals surface area contributed by atoms with E-state index in [1.807, 2.05) is 33.8 Å². The maximum Gasteiger partial charge on any atom is 0.329 e. The highest BCUT2D eigenvalue weighted by molar-refractivity contribution is 5.95. The average Bonchev–Trinajstić information content (AvgIpc) is 3.52. The molecular formula is C29H39N3O6. The minimum absolute atomic E-state index is 0.000869. The standard InChI is InChI=1S/C29H39N3O6/c1-18(2)27-21(5)10-11-25(34)30-12-6-8-19(3)14-22(33)15-20(4)16-26-31-23(17-37-26)28(35)32-13-7-9-24(32)29(36)38-27/h6,8,10-11,14,17-18,21-22,24,27,33H,4,7,9,12-13,15-16H2,1-3,5H3,(H,30,34)/b8-6+,11-10+,19-14+/t21-,22-,24-,27-/m1/s1.